The molecule has 0 saturated carbocycles. The molecule has 0 aliphatic carbocycles. The minimum atomic E-state index is -3.27. The van der Waals surface area contributed by atoms with Gasteiger partial charge in [0.05, 0.1) is 17.6 Å². The van der Waals surface area contributed by atoms with Gasteiger partial charge in [-0.25, -0.2) is 8.42 Å². The zero-order valence-electron chi connectivity index (χ0n) is 10.0. The molecule has 0 unspecified atom stereocenters. The molecule has 2 rings (SSSR count). The Morgan fingerprint density at radius 2 is 2.00 bits per heavy atom. The summed E-state index contributed by atoms with van der Waals surface area (Å²) < 4.78 is 24.2. The van der Waals surface area contributed by atoms with Crippen LogP contribution in [0.15, 0.2) is 18.2 Å². The Balaban J connectivity index is 2.38. The van der Waals surface area contributed by atoms with Crippen molar-refractivity contribution >= 4 is 27.1 Å². The standard InChI is InChI=1S/C11H17N3O2S/c1-13(17(2,15)16)11-8-9(4-5-10(11)12)14-6-3-7-14/h4-5,8H,3,6-7,12H2,1-2H3. The second-order valence-electron chi connectivity index (χ2n) is 4.31. The molecule has 17 heavy (non-hydrogen) atoms. The second-order valence-corrected chi connectivity index (χ2v) is 6.33. The lowest BCUT2D eigenvalue weighted by Gasteiger charge is -2.34. The first-order valence-corrected chi connectivity index (χ1v) is 7.33. The van der Waals surface area contributed by atoms with Crippen LogP contribution in [0.4, 0.5) is 17.1 Å². The van der Waals surface area contributed by atoms with Gasteiger partial charge in [0.25, 0.3) is 0 Å². The fourth-order valence-electron chi connectivity index (χ4n) is 1.75. The van der Waals surface area contributed by atoms with Crippen LogP contribution in [-0.2, 0) is 10.0 Å². The van der Waals surface area contributed by atoms with Crippen LogP contribution >= 0.6 is 0 Å². The predicted octanol–water partition coefficient (Wildman–Crippen LogP) is 0.875. The maximum absolute atomic E-state index is 11.5. The third-order valence-corrected chi connectivity index (χ3v) is 4.26. The molecule has 0 spiro atoms. The summed E-state index contributed by atoms with van der Waals surface area (Å²) in [6.07, 6.45) is 2.35. The Morgan fingerprint density at radius 3 is 2.47 bits per heavy atom. The van der Waals surface area contributed by atoms with Gasteiger partial charge in [-0.05, 0) is 24.6 Å². The number of rotatable bonds is 3. The molecule has 1 saturated heterocycles. The third kappa shape index (κ3) is 2.31. The van der Waals surface area contributed by atoms with Crippen molar-refractivity contribution in [2.75, 3.05) is 41.3 Å². The molecule has 0 atom stereocenters. The van der Waals surface area contributed by atoms with Gasteiger partial charge >= 0.3 is 0 Å². The molecule has 2 N–H and O–H groups in total. The molecular formula is C11H17N3O2S. The summed E-state index contributed by atoms with van der Waals surface area (Å²) in [6.45, 7) is 2.04. The highest BCUT2D eigenvalue weighted by Crippen LogP contribution is 2.31. The van der Waals surface area contributed by atoms with Crippen LogP contribution in [0.25, 0.3) is 0 Å². The summed E-state index contributed by atoms with van der Waals surface area (Å²) in [4.78, 5) is 2.19. The van der Waals surface area contributed by atoms with E-state index in [1.54, 1.807) is 6.07 Å². The van der Waals surface area contributed by atoms with E-state index >= 15 is 0 Å². The van der Waals surface area contributed by atoms with E-state index in [-0.39, 0.29) is 0 Å². The highest BCUT2D eigenvalue weighted by molar-refractivity contribution is 7.92. The van der Waals surface area contributed by atoms with Crippen LogP contribution in [0.3, 0.4) is 0 Å². The van der Waals surface area contributed by atoms with E-state index in [0.717, 1.165) is 18.8 Å². The van der Waals surface area contributed by atoms with E-state index in [1.807, 2.05) is 12.1 Å². The van der Waals surface area contributed by atoms with E-state index in [9.17, 15) is 8.42 Å². The van der Waals surface area contributed by atoms with Gasteiger partial charge in [0.2, 0.25) is 10.0 Å². The SMILES string of the molecule is CN(c1cc(N2CCC2)ccc1N)S(C)(=O)=O. The number of hydrogen-bond acceptors (Lipinski definition) is 4. The normalized spacial score (nSPS) is 15.5. The van der Waals surface area contributed by atoms with Gasteiger partial charge in [-0.3, -0.25) is 4.31 Å². The molecule has 1 aliphatic rings. The molecule has 1 aromatic carbocycles. The molecular weight excluding hydrogens is 238 g/mol. The quantitative estimate of drug-likeness (QED) is 0.814. The van der Waals surface area contributed by atoms with E-state index in [2.05, 4.69) is 4.90 Å². The monoisotopic (exact) mass is 255 g/mol. The Bertz CT molecular complexity index is 524. The molecule has 1 aromatic rings. The Labute approximate surface area is 102 Å². The molecule has 94 valence electrons. The van der Waals surface area contributed by atoms with Crippen LogP contribution in [0, 0.1) is 0 Å². The second kappa shape index (κ2) is 4.10. The molecule has 5 nitrogen and oxygen atoms in total. The van der Waals surface area contributed by atoms with Gasteiger partial charge in [0, 0.05) is 25.8 Å². The van der Waals surface area contributed by atoms with E-state index in [0.29, 0.717) is 11.4 Å². The molecule has 1 aliphatic heterocycles. The van der Waals surface area contributed by atoms with Gasteiger partial charge in [-0.15, -0.1) is 0 Å². The van der Waals surface area contributed by atoms with Crippen molar-refractivity contribution in [2.24, 2.45) is 0 Å². The van der Waals surface area contributed by atoms with Gasteiger partial charge < -0.3 is 10.6 Å². The minimum absolute atomic E-state index is 0.474. The molecule has 6 heteroatoms. The van der Waals surface area contributed by atoms with Crippen molar-refractivity contribution in [2.45, 2.75) is 6.42 Å². The number of anilines is 3. The first kappa shape index (κ1) is 12.0. The number of nitrogens with zero attached hydrogens (tertiary/aromatic N) is 2. The zero-order chi connectivity index (χ0) is 12.6. The van der Waals surface area contributed by atoms with Crippen molar-refractivity contribution in [1.29, 1.82) is 0 Å². The lowest BCUT2D eigenvalue weighted by atomic mass is 10.1. The number of benzene rings is 1. The van der Waals surface area contributed by atoms with Crippen molar-refractivity contribution in [3.63, 3.8) is 0 Å². The Morgan fingerprint density at radius 1 is 1.35 bits per heavy atom. The maximum atomic E-state index is 11.5. The Kier molecular flexibility index (Phi) is 2.91. The first-order valence-electron chi connectivity index (χ1n) is 5.48. The fraction of sp³-hybridized carbons (Fsp3) is 0.455. The topological polar surface area (TPSA) is 66.6 Å². The molecule has 0 radical (unpaired) electrons. The van der Waals surface area contributed by atoms with Crippen LogP contribution in [0.2, 0.25) is 0 Å². The van der Waals surface area contributed by atoms with Crippen LogP contribution in [-0.4, -0.2) is 34.8 Å². The summed E-state index contributed by atoms with van der Waals surface area (Å²) in [5, 5.41) is 0. The first-order chi connectivity index (χ1) is 7.89. The van der Waals surface area contributed by atoms with Crippen LogP contribution in [0.5, 0.6) is 0 Å². The fourth-order valence-corrected chi connectivity index (χ4v) is 2.27. The van der Waals surface area contributed by atoms with Gasteiger partial charge in [-0.2, -0.15) is 0 Å². The Hall–Kier alpha value is -1.43. The van der Waals surface area contributed by atoms with E-state index < -0.39 is 10.0 Å². The van der Waals surface area contributed by atoms with Crippen molar-refractivity contribution in [1.82, 2.24) is 0 Å². The summed E-state index contributed by atoms with van der Waals surface area (Å²) in [6, 6.07) is 5.51. The summed E-state index contributed by atoms with van der Waals surface area (Å²) >= 11 is 0. The lowest BCUT2D eigenvalue weighted by Crippen LogP contribution is -2.37. The molecule has 1 fully saturated rings. The lowest BCUT2D eigenvalue weighted by molar-refractivity contribution is 0.600. The summed E-state index contributed by atoms with van der Waals surface area (Å²) in [7, 11) is -1.76. The van der Waals surface area contributed by atoms with Crippen molar-refractivity contribution in [3.05, 3.63) is 18.2 Å². The largest absolute Gasteiger partial charge is 0.397 e. The number of nitrogens with two attached hydrogens (primary N) is 1. The van der Waals surface area contributed by atoms with E-state index in [1.165, 1.54) is 24.0 Å². The van der Waals surface area contributed by atoms with Gasteiger partial charge in [0.1, 0.15) is 0 Å². The summed E-state index contributed by atoms with van der Waals surface area (Å²) in [5.74, 6) is 0. The minimum Gasteiger partial charge on any atom is -0.397 e. The summed E-state index contributed by atoms with van der Waals surface area (Å²) in [5.41, 5.74) is 7.86. The third-order valence-electron chi connectivity index (χ3n) is 3.07. The van der Waals surface area contributed by atoms with Crippen molar-refractivity contribution < 1.29 is 8.42 Å². The smallest absolute Gasteiger partial charge is 0.232 e. The number of hydrogen-bond donors (Lipinski definition) is 1. The predicted molar refractivity (Wildman–Crippen MR) is 70.9 cm³/mol. The highest BCUT2D eigenvalue weighted by atomic mass is 32.2. The molecule has 0 bridgehead atoms. The highest BCUT2D eigenvalue weighted by Gasteiger charge is 2.19. The molecule has 1 heterocycles. The maximum Gasteiger partial charge on any atom is 0.232 e. The van der Waals surface area contributed by atoms with Gasteiger partial charge in [0.15, 0.2) is 0 Å². The average Bonchev–Trinajstić information content (AvgIpc) is 2.15. The van der Waals surface area contributed by atoms with Crippen LogP contribution in [0.1, 0.15) is 6.42 Å². The average molecular weight is 255 g/mol. The van der Waals surface area contributed by atoms with E-state index in [4.69, 9.17) is 5.73 Å². The van der Waals surface area contributed by atoms with Crippen molar-refractivity contribution in [3.8, 4) is 0 Å². The van der Waals surface area contributed by atoms with Gasteiger partial charge in [-0.1, -0.05) is 0 Å². The molecule has 0 aromatic heterocycles. The molecule has 0 amide bonds. The van der Waals surface area contributed by atoms with Crippen LogP contribution < -0.4 is 14.9 Å². The number of sulfonamides is 1. The zero-order valence-corrected chi connectivity index (χ0v) is 10.9. The number of nitrogen functional groups attached to an aromatic ring is 1.